The molecule has 1 heterocycles. The van der Waals surface area contributed by atoms with E-state index in [4.69, 9.17) is 10.5 Å². The van der Waals surface area contributed by atoms with Gasteiger partial charge in [0.1, 0.15) is 0 Å². The highest BCUT2D eigenvalue weighted by atomic mass is 32.1. The molecule has 0 aliphatic carbocycles. The van der Waals surface area contributed by atoms with Gasteiger partial charge in [0.25, 0.3) is 0 Å². The second kappa shape index (κ2) is 6.68. The van der Waals surface area contributed by atoms with Crippen molar-refractivity contribution in [1.29, 1.82) is 0 Å². The van der Waals surface area contributed by atoms with Crippen LogP contribution in [0.5, 0.6) is 0 Å². The van der Waals surface area contributed by atoms with E-state index in [9.17, 15) is 4.79 Å². The number of hydrogen-bond acceptors (Lipinski definition) is 5. The maximum atomic E-state index is 11.7. The number of amides is 1. The summed E-state index contributed by atoms with van der Waals surface area (Å²) in [6.07, 6.45) is 0.505. The third-order valence-corrected chi connectivity index (χ3v) is 3.09. The van der Waals surface area contributed by atoms with Gasteiger partial charge in [0.2, 0.25) is 5.91 Å². The molecule has 1 aromatic heterocycles. The van der Waals surface area contributed by atoms with Crippen LogP contribution in [0.25, 0.3) is 0 Å². The number of thiazole rings is 1. The smallest absolute Gasteiger partial charge is 0.243 e. The minimum atomic E-state index is -0.554. The van der Waals surface area contributed by atoms with Crippen molar-refractivity contribution in [1.82, 2.24) is 4.98 Å². The zero-order valence-corrected chi connectivity index (χ0v) is 11.2. The topological polar surface area (TPSA) is 77.2 Å². The molecule has 1 aromatic rings. The summed E-state index contributed by atoms with van der Waals surface area (Å²) in [5, 5.41) is 5.26. The summed E-state index contributed by atoms with van der Waals surface area (Å²) in [6.45, 7) is 4.60. The van der Waals surface area contributed by atoms with Crippen LogP contribution in [0.3, 0.4) is 0 Å². The Balaban J connectivity index is 2.49. The minimum Gasteiger partial charge on any atom is -0.385 e. The average Bonchev–Trinajstić information content (AvgIpc) is 2.74. The molecule has 0 aromatic carbocycles. The van der Waals surface area contributed by atoms with E-state index in [0.29, 0.717) is 24.1 Å². The number of nitrogens with zero attached hydrogens (tertiary/aromatic N) is 1. The number of rotatable bonds is 6. The van der Waals surface area contributed by atoms with Crippen LogP contribution < -0.4 is 11.1 Å². The van der Waals surface area contributed by atoms with Crippen LogP contribution in [0.2, 0.25) is 0 Å². The molecule has 96 valence electrons. The number of nitrogens with two attached hydrogens (primary N) is 1. The molecule has 0 radical (unpaired) electrons. The van der Waals surface area contributed by atoms with Crippen LogP contribution in [-0.2, 0) is 9.53 Å². The van der Waals surface area contributed by atoms with Gasteiger partial charge in [-0.3, -0.25) is 4.79 Å². The fraction of sp³-hybridized carbons (Fsp3) is 0.636. The lowest BCUT2D eigenvalue weighted by Crippen LogP contribution is -2.36. The van der Waals surface area contributed by atoms with Crippen molar-refractivity contribution < 1.29 is 9.53 Å². The van der Waals surface area contributed by atoms with Crippen LogP contribution in [0.1, 0.15) is 31.9 Å². The molecule has 3 N–H and O–H groups in total. The monoisotopic (exact) mass is 257 g/mol. The second-order valence-corrected chi connectivity index (χ2v) is 4.97. The van der Waals surface area contributed by atoms with Gasteiger partial charge < -0.3 is 15.8 Å². The summed E-state index contributed by atoms with van der Waals surface area (Å²) in [7, 11) is 1.58. The number of nitrogens with one attached hydrogen (secondary N) is 1. The Kier molecular flexibility index (Phi) is 5.54. The SMILES string of the molecule is COCCC(N)C(=O)Nc1nc(C(C)C)cs1. The maximum Gasteiger partial charge on any atom is 0.243 e. The summed E-state index contributed by atoms with van der Waals surface area (Å²) in [5.74, 6) is 0.144. The fourth-order valence-corrected chi connectivity index (χ4v) is 2.06. The largest absolute Gasteiger partial charge is 0.385 e. The molecule has 1 unspecified atom stereocenters. The van der Waals surface area contributed by atoms with Crippen molar-refractivity contribution >= 4 is 22.4 Å². The number of methoxy groups -OCH3 is 1. The number of hydrogen-bond donors (Lipinski definition) is 2. The van der Waals surface area contributed by atoms with Crippen LogP contribution in [0, 0.1) is 0 Å². The molecule has 6 heteroatoms. The van der Waals surface area contributed by atoms with Crippen molar-refractivity contribution in [3.05, 3.63) is 11.1 Å². The third kappa shape index (κ3) is 4.41. The fourth-order valence-electron chi connectivity index (χ4n) is 1.18. The number of carbonyl (C=O) groups excluding carboxylic acids is 1. The summed E-state index contributed by atoms with van der Waals surface area (Å²) in [5.41, 5.74) is 6.68. The molecule has 1 amide bonds. The Labute approximate surface area is 105 Å². The van der Waals surface area contributed by atoms with Gasteiger partial charge in [0, 0.05) is 19.1 Å². The van der Waals surface area contributed by atoms with E-state index in [0.717, 1.165) is 5.69 Å². The number of aromatic nitrogens is 1. The first-order valence-electron chi connectivity index (χ1n) is 5.55. The first kappa shape index (κ1) is 14.1. The van der Waals surface area contributed by atoms with E-state index < -0.39 is 6.04 Å². The highest BCUT2D eigenvalue weighted by Crippen LogP contribution is 2.21. The molecule has 1 atom stereocenters. The van der Waals surface area contributed by atoms with Gasteiger partial charge >= 0.3 is 0 Å². The van der Waals surface area contributed by atoms with Crippen LogP contribution >= 0.6 is 11.3 Å². The lowest BCUT2D eigenvalue weighted by molar-refractivity contribution is -0.117. The predicted octanol–water partition coefficient (Wildman–Crippen LogP) is 1.57. The first-order chi connectivity index (χ1) is 8.04. The van der Waals surface area contributed by atoms with Crippen LogP contribution in [-0.4, -0.2) is 30.6 Å². The second-order valence-electron chi connectivity index (χ2n) is 4.11. The Morgan fingerprint density at radius 2 is 2.35 bits per heavy atom. The van der Waals surface area contributed by atoms with E-state index in [-0.39, 0.29) is 5.91 Å². The van der Waals surface area contributed by atoms with E-state index in [1.165, 1.54) is 11.3 Å². The van der Waals surface area contributed by atoms with Crippen molar-refractivity contribution in [3.8, 4) is 0 Å². The summed E-state index contributed by atoms with van der Waals surface area (Å²) in [6, 6.07) is -0.554. The average molecular weight is 257 g/mol. The summed E-state index contributed by atoms with van der Waals surface area (Å²) < 4.78 is 4.88. The van der Waals surface area contributed by atoms with Crippen LogP contribution in [0.4, 0.5) is 5.13 Å². The van der Waals surface area contributed by atoms with Gasteiger partial charge in [-0.25, -0.2) is 4.98 Å². The molecule has 0 saturated heterocycles. The molecular weight excluding hydrogens is 238 g/mol. The van der Waals surface area contributed by atoms with Crippen molar-refractivity contribution in [2.24, 2.45) is 5.73 Å². The third-order valence-electron chi connectivity index (χ3n) is 2.31. The highest BCUT2D eigenvalue weighted by molar-refractivity contribution is 7.13. The van der Waals surface area contributed by atoms with Gasteiger partial charge in [0.05, 0.1) is 11.7 Å². The zero-order chi connectivity index (χ0) is 12.8. The molecule has 0 fully saturated rings. The van der Waals surface area contributed by atoms with Gasteiger partial charge in [-0.1, -0.05) is 13.8 Å². The van der Waals surface area contributed by atoms with Gasteiger partial charge in [-0.2, -0.15) is 0 Å². The molecular formula is C11H19N3O2S. The molecule has 1 rings (SSSR count). The lowest BCUT2D eigenvalue weighted by atomic mass is 10.2. The Bertz CT molecular complexity index is 365. The number of ether oxygens (including phenoxy) is 1. The van der Waals surface area contributed by atoms with E-state index >= 15 is 0 Å². The number of carbonyl (C=O) groups is 1. The van der Waals surface area contributed by atoms with E-state index in [2.05, 4.69) is 24.1 Å². The van der Waals surface area contributed by atoms with Crippen LogP contribution in [0.15, 0.2) is 5.38 Å². The maximum absolute atomic E-state index is 11.7. The highest BCUT2D eigenvalue weighted by Gasteiger charge is 2.15. The lowest BCUT2D eigenvalue weighted by Gasteiger charge is -2.09. The predicted molar refractivity (Wildman–Crippen MR) is 69.3 cm³/mol. The zero-order valence-electron chi connectivity index (χ0n) is 10.4. The molecule has 0 spiro atoms. The molecule has 0 saturated carbocycles. The Hall–Kier alpha value is -0.980. The molecule has 0 aliphatic heterocycles. The molecule has 0 aliphatic rings. The Morgan fingerprint density at radius 1 is 1.65 bits per heavy atom. The van der Waals surface area contributed by atoms with Crippen molar-refractivity contribution in [2.75, 3.05) is 19.0 Å². The quantitative estimate of drug-likeness (QED) is 0.811. The minimum absolute atomic E-state index is 0.216. The first-order valence-corrected chi connectivity index (χ1v) is 6.43. The standard InChI is InChI=1S/C11H19N3O2S/c1-7(2)9-6-17-11(13-9)14-10(15)8(12)4-5-16-3/h6-8H,4-5,12H2,1-3H3,(H,13,14,15). The van der Waals surface area contributed by atoms with Gasteiger partial charge in [-0.15, -0.1) is 11.3 Å². The van der Waals surface area contributed by atoms with E-state index in [1.54, 1.807) is 7.11 Å². The summed E-state index contributed by atoms with van der Waals surface area (Å²) >= 11 is 1.42. The van der Waals surface area contributed by atoms with Crippen molar-refractivity contribution in [2.45, 2.75) is 32.2 Å². The van der Waals surface area contributed by atoms with Gasteiger partial charge in [0.15, 0.2) is 5.13 Å². The summed E-state index contributed by atoms with van der Waals surface area (Å²) in [4.78, 5) is 16.0. The van der Waals surface area contributed by atoms with Gasteiger partial charge in [-0.05, 0) is 12.3 Å². The Morgan fingerprint density at radius 3 is 2.88 bits per heavy atom. The molecule has 5 nitrogen and oxygen atoms in total. The van der Waals surface area contributed by atoms with E-state index in [1.807, 2.05) is 5.38 Å². The molecule has 17 heavy (non-hydrogen) atoms. The number of anilines is 1. The normalized spacial score (nSPS) is 12.8. The van der Waals surface area contributed by atoms with Crippen molar-refractivity contribution in [3.63, 3.8) is 0 Å². The molecule has 0 bridgehead atoms.